The van der Waals surface area contributed by atoms with E-state index in [0.717, 1.165) is 36.5 Å². The Kier molecular flexibility index (Phi) is 3.76. The number of carboxylic acids is 1. The molecule has 2 rings (SSSR count). The van der Waals surface area contributed by atoms with Crippen LogP contribution in [0.1, 0.15) is 10.4 Å². The fraction of sp³-hybridized carbons (Fsp3) is 0. The predicted octanol–water partition coefficient (Wildman–Crippen LogP) is 1.30. The molecular weight excluding hydrogens is 301 g/mol. The highest BCUT2D eigenvalue weighted by Crippen LogP contribution is 2.22. The highest BCUT2D eigenvalue weighted by atomic mass is 32.2. The van der Waals surface area contributed by atoms with E-state index in [1.54, 1.807) is 0 Å². The Morgan fingerprint density at radius 2 is 2.00 bits per heavy atom. The third-order valence-electron chi connectivity index (χ3n) is 2.51. The standard InChI is InChI=1S/C12H10FN3O4S/c13-8-2-4-11(15-6-8)16-21(19,20)10-3-1-7(12(17)18)5-9(10)14/h1-6H,14H2,(H,15,16)(H,17,18). The monoisotopic (exact) mass is 311 g/mol. The van der Waals surface area contributed by atoms with Gasteiger partial charge >= 0.3 is 5.97 Å². The molecule has 7 nitrogen and oxygen atoms in total. The maximum atomic E-state index is 12.7. The lowest BCUT2D eigenvalue weighted by molar-refractivity contribution is 0.0697. The normalized spacial score (nSPS) is 11.1. The number of nitrogens with two attached hydrogens (primary N) is 1. The van der Waals surface area contributed by atoms with Gasteiger partial charge in [-0.3, -0.25) is 4.72 Å². The number of halogens is 1. The van der Waals surface area contributed by atoms with Gasteiger partial charge in [0.2, 0.25) is 0 Å². The number of nitrogen functional groups attached to an aromatic ring is 1. The molecule has 0 unspecified atom stereocenters. The lowest BCUT2D eigenvalue weighted by atomic mass is 10.2. The Bertz CT molecular complexity index is 791. The summed E-state index contributed by atoms with van der Waals surface area (Å²) in [4.78, 5) is 14.0. The van der Waals surface area contributed by atoms with E-state index in [0.29, 0.717) is 0 Å². The van der Waals surface area contributed by atoms with Crippen molar-refractivity contribution < 1.29 is 22.7 Å². The zero-order valence-electron chi connectivity index (χ0n) is 10.4. The smallest absolute Gasteiger partial charge is 0.335 e. The molecular formula is C12H10FN3O4S. The largest absolute Gasteiger partial charge is 0.478 e. The van der Waals surface area contributed by atoms with Gasteiger partial charge in [0.1, 0.15) is 16.5 Å². The molecule has 1 aromatic heterocycles. The molecule has 0 aliphatic heterocycles. The van der Waals surface area contributed by atoms with E-state index < -0.39 is 21.8 Å². The number of carboxylic acid groups (broad SMARTS) is 1. The van der Waals surface area contributed by atoms with Crippen molar-refractivity contribution in [2.75, 3.05) is 10.5 Å². The first-order valence-corrected chi connectivity index (χ1v) is 7.05. The minimum Gasteiger partial charge on any atom is -0.478 e. The van der Waals surface area contributed by atoms with Gasteiger partial charge in [-0.15, -0.1) is 0 Å². The number of aromatic carboxylic acids is 1. The molecule has 0 amide bonds. The lowest BCUT2D eigenvalue weighted by Crippen LogP contribution is -2.16. The summed E-state index contributed by atoms with van der Waals surface area (Å²) < 4.78 is 39.1. The number of anilines is 2. The van der Waals surface area contributed by atoms with E-state index in [4.69, 9.17) is 10.8 Å². The molecule has 2 aromatic rings. The van der Waals surface area contributed by atoms with Crippen molar-refractivity contribution in [1.29, 1.82) is 0 Å². The molecule has 0 saturated heterocycles. The molecule has 0 bridgehead atoms. The number of aromatic nitrogens is 1. The molecule has 0 aliphatic carbocycles. The summed E-state index contributed by atoms with van der Waals surface area (Å²) in [6.45, 7) is 0. The van der Waals surface area contributed by atoms with Crippen LogP contribution in [0.25, 0.3) is 0 Å². The van der Waals surface area contributed by atoms with Crippen molar-refractivity contribution in [2.24, 2.45) is 0 Å². The number of hydrogen-bond donors (Lipinski definition) is 3. The predicted molar refractivity (Wildman–Crippen MR) is 72.8 cm³/mol. The topological polar surface area (TPSA) is 122 Å². The van der Waals surface area contributed by atoms with Crippen LogP contribution in [0.15, 0.2) is 41.4 Å². The minimum atomic E-state index is -4.05. The van der Waals surface area contributed by atoms with Gasteiger partial charge < -0.3 is 10.8 Å². The van der Waals surface area contributed by atoms with Crippen LogP contribution in [0, 0.1) is 5.82 Å². The van der Waals surface area contributed by atoms with Crippen LogP contribution in [-0.4, -0.2) is 24.5 Å². The first-order chi connectivity index (χ1) is 9.79. The molecule has 0 radical (unpaired) electrons. The maximum Gasteiger partial charge on any atom is 0.335 e. The van der Waals surface area contributed by atoms with Gasteiger partial charge in [0, 0.05) is 0 Å². The van der Waals surface area contributed by atoms with Gasteiger partial charge in [-0.2, -0.15) is 0 Å². The number of sulfonamides is 1. The van der Waals surface area contributed by atoms with Crippen molar-refractivity contribution in [3.8, 4) is 0 Å². The summed E-state index contributed by atoms with van der Waals surface area (Å²) in [6.07, 6.45) is 0.856. The second-order valence-corrected chi connectivity index (χ2v) is 5.68. The Morgan fingerprint density at radius 1 is 1.29 bits per heavy atom. The molecule has 0 saturated carbocycles. The second kappa shape index (κ2) is 5.37. The van der Waals surface area contributed by atoms with Crippen molar-refractivity contribution in [1.82, 2.24) is 4.98 Å². The molecule has 0 spiro atoms. The van der Waals surface area contributed by atoms with Gasteiger partial charge in [-0.05, 0) is 30.3 Å². The Hall–Kier alpha value is -2.68. The maximum absolute atomic E-state index is 12.7. The van der Waals surface area contributed by atoms with E-state index in [2.05, 4.69) is 9.71 Å². The van der Waals surface area contributed by atoms with Crippen molar-refractivity contribution >= 4 is 27.5 Å². The molecule has 110 valence electrons. The number of carbonyl (C=O) groups is 1. The number of pyridine rings is 1. The van der Waals surface area contributed by atoms with Crippen LogP contribution in [0.4, 0.5) is 15.9 Å². The summed E-state index contributed by atoms with van der Waals surface area (Å²) in [5.74, 6) is -1.92. The summed E-state index contributed by atoms with van der Waals surface area (Å²) in [5, 5.41) is 8.80. The van der Waals surface area contributed by atoms with Crippen LogP contribution in [0.2, 0.25) is 0 Å². The van der Waals surface area contributed by atoms with E-state index in [9.17, 15) is 17.6 Å². The molecule has 21 heavy (non-hydrogen) atoms. The Labute approximate surface area is 119 Å². The summed E-state index contributed by atoms with van der Waals surface area (Å²) in [5.41, 5.74) is 5.21. The van der Waals surface area contributed by atoms with Crippen LogP contribution >= 0.6 is 0 Å². The first-order valence-electron chi connectivity index (χ1n) is 5.57. The van der Waals surface area contributed by atoms with Crippen LogP contribution < -0.4 is 10.5 Å². The van der Waals surface area contributed by atoms with Crippen molar-refractivity contribution in [3.63, 3.8) is 0 Å². The van der Waals surface area contributed by atoms with Crippen LogP contribution in [-0.2, 0) is 10.0 Å². The van der Waals surface area contributed by atoms with Gasteiger partial charge in [-0.1, -0.05) is 0 Å². The molecule has 0 aliphatic rings. The molecule has 1 heterocycles. The van der Waals surface area contributed by atoms with Gasteiger partial charge in [0.05, 0.1) is 17.4 Å². The van der Waals surface area contributed by atoms with Gasteiger partial charge in [0.15, 0.2) is 0 Å². The van der Waals surface area contributed by atoms with E-state index in [1.807, 2.05) is 0 Å². The summed E-state index contributed by atoms with van der Waals surface area (Å²) in [6, 6.07) is 5.42. The van der Waals surface area contributed by atoms with Crippen molar-refractivity contribution in [2.45, 2.75) is 4.90 Å². The van der Waals surface area contributed by atoms with Gasteiger partial charge in [0.25, 0.3) is 10.0 Å². The fourth-order valence-electron chi connectivity index (χ4n) is 1.56. The minimum absolute atomic E-state index is 0.0851. The summed E-state index contributed by atoms with van der Waals surface area (Å²) >= 11 is 0. The van der Waals surface area contributed by atoms with E-state index in [-0.39, 0.29) is 22.0 Å². The average Bonchev–Trinajstić information content (AvgIpc) is 2.40. The number of hydrogen-bond acceptors (Lipinski definition) is 5. The summed E-state index contributed by atoms with van der Waals surface area (Å²) in [7, 11) is -4.05. The molecule has 1 aromatic carbocycles. The number of rotatable bonds is 4. The second-order valence-electron chi connectivity index (χ2n) is 4.02. The van der Waals surface area contributed by atoms with E-state index in [1.165, 1.54) is 0 Å². The van der Waals surface area contributed by atoms with Gasteiger partial charge in [-0.25, -0.2) is 22.6 Å². The molecule has 4 N–H and O–H groups in total. The quantitative estimate of drug-likeness (QED) is 0.731. The highest BCUT2D eigenvalue weighted by Gasteiger charge is 2.19. The third kappa shape index (κ3) is 3.26. The number of benzene rings is 1. The highest BCUT2D eigenvalue weighted by molar-refractivity contribution is 7.92. The lowest BCUT2D eigenvalue weighted by Gasteiger charge is -2.10. The van der Waals surface area contributed by atoms with Crippen LogP contribution in [0.5, 0.6) is 0 Å². The molecule has 0 fully saturated rings. The zero-order chi connectivity index (χ0) is 15.6. The van der Waals surface area contributed by atoms with Crippen LogP contribution in [0.3, 0.4) is 0 Å². The SMILES string of the molecule is Nc1cc(C(=O)O)ccc1S(=O)(=O)Nc1ccc(F)cn1. The first kappa shape index (κ1) is 14.7. The Morgan fingerprint density at radius 3 is 2.52 bits per heavy atom. The number of nitrogens with one attached hydrogen (secondary N) is 1. The third-order valence-corrected chi connectivity index (χ3v) is 3.94. The fourth-order valence-corrected chi connectivity index (χ4v) is 2.68. The molecule has 0 atom stereocenters. The Balaban J connectivity index is 2.35. The molecule has 9 heteroatoms. The van der Waals surface area contributed by atoms with E-state index >= 15 is 0 Å². The zero-order valence-corrected chi connectivity index (χ0v) is 11.3. The average molecular weight is 311 g/mol. The van der Waals surface area contributed by atoms with Crippen molar-refractivity contribution in [3.05, 3.63) is 47.9 Å². The number of nitrogens with zero attached hydrogens (tertiary/aromatic N) is 1.